The van der Waals surface area contributed by atoms with Gasteiger partial charge in [0.1, 0.15) is 5.76 Å². The molecular weight excluding hydrogens is 313 g/mol. The van der Waals surface area contributed by atoms with Crippen molar-refractivity contribution in [3.63, 3.8) is 0 Å². The standard InChI is InChI=1S/C15H10ClFNO2S/c1-7-3-9-11(18-7)5-10(15(20-2)13(9)16)14(19)8-4-12(17)21-6-8/h4,6H,5H2,1-2H3. The summed E-state index contributed by atoms with van der Waals surface area (Å²) in [6.07, 6.45) is 3.35. The van der Waals surface area contributed by atoms with Crippen molar-refractivity contribution in [2.24, 2.45) is 4.99 Å². The highest BCUT2D eigenvalue weighted by molar-refractivity contribution is 7.08. The number of carbonyl (C=O) groups is 1. The van der Waals surface area contributed by atoms with E-state index in [1.807, 2.05) is 6.92 Å². The van der Waals surface area contributed by atoms with Crippen molar-refractivity contribution in [3.05, 3.63) is 55.9 Å². The van der Waals surface area contributed by atoms with Gasteiger partial charge in [0, 0.05) is 40.3 Å². The van der Waals surface area contributed by atoms with E-state index in [1.165, 1.54) is 18.6 Å². The average molecular weight is 323 g/mol. The van der Waals surface area contributed by atoms with Crippen molar-refractivity contribution < 1.29 is 13.9 Å². The minimum absolute atomic E-state index is 0.294. The second-order valence-electron chi connectivity index (χ2n) is 4.62. The number of ether oxygens (including phenoxy) is 1. The van der Waals surface area contributed by atoms with Crippen LogP contribution in [0.4, 0.5) is 4.39 Å². The van der Waals surface area contributed by atoms with E-state index in [1.54, 1.807) is 0 Å². The molecule has 6 heteroatoms. The number of allylic oxidation sites excluding steroid dienone is 5. The Labute approximate surface area is 130 Å². The van der Waals surface area contributed by atoms with Crippen LogP contribution >= 0.6 is 22.9 Å². The number of methoxy groups -OCH3 is 1. The van der Waals surface area contributed by atoms with E-state index in [2.05, 4.69) is 11.1 Å². The molecule has 0 spiro atoms. The summed E-state index contributed by atoms with van der Waals surface area (Å²) in [5.41, 5.74) is 2.75. The summed E-state index contributed by atoms with van der Waals surface area (Å²) < 4.78 is 18.4. The maximum atomic E-state index is 13.1. The Morgan fingerprint density at radius 3 is 2.95 bits per heavy atom. The first-order valence-electron chi connectivity index (χ1n) is 6.15. The van der Waals surface area contributed by atoms with Gasteiger partial charge in [-0.2, -0.15) is 4.39 Å². The summed E-state index contributed by atoms with van der Waals surface area (Å²) in [6, 6.07) is 1.21. The molecular formula is C15H10ClFNO2S. The summed E-state index contributed by atoms with van der Waals surface area (Å²) in [4.78, 5) is 16.9. The number of fused-ring (bicyclic) bond motifs is 1. The minimum atomic E-state index is -0.403. The van der Waals surface area contributed by atoms with Crippen LogP contribution in [0.15, 0.2) is 44.1 Å². The molecule has 3 nitrogen and oxygen atoms in total. The fraction of sp³-hybridized carbons (Fsp3) is 0.200. The molecule has 0 saturated carbocycles. The lowest BCUT2D eigenvalue weighted by molar-refractivity contribution is 0.102. The number of ketones is 1. The van der Waals surface area contributed by atoms with E-state index < -0.39 is 5.13 Å². The molecule has 1 radical (unpaired) electrons. The maximum absolute atomic E-state index is 13.1. The third kappa shape index (κ3) is 2.36. The van der Waals surface area contributed by atoms with E-state index in [-0.39, 0.29) is 5.78 Å². The largest absolute Gasteiger partial charge is 0.495 e. The highest BCUT2D eigenvalue weighted by Gasteiger charge is 2.32. The number of halogens is 2. The summed E-state index contributed by atoms with van der Waals surface area (Å²) in [7, 11) is 1.45. The molecule has 0 atom stereocenters. The summed E-state index contributed by atoms with van der Waals surface area (Å²) in [6.45, 7) is 1.81. The highest BCUT2D eigenvalue weighted by atomic mass is 35.5. The van der Waals surface area contributed by atoms with Gasteiger partial charge < -0.3 is 4.74 Å². The number of hydrogen-bond donors (Lipinski definition) is 0. The quantitative estimate of drug-likeness (QED) is 0.788. The van der Waals surface area contributed by atoms with Gasteiger partial charge in [-0.15, -0.1) is 11.3 Å². The van der Waals surface area contributed by atoms with Gasteiger partial charge in [0.15, 0.2) is 10.9 Å². The highest BCUT2D eigenvalue weighted by Crippen LogP contribution is 2.37. The summed E-state index contributed by atoms with van der Waals surface area (Å²) >= 11 is 7.18. The van der Waals surface area contributed by atoms with Crippen LogP contribution in [-0.4, -0.2) is 18.6 Å². The monoisotopic (exact) mass is 322 g/mol. The van der Waals surface area contributed by atoms with E-state index >= 15 is 0 Å². The second-order valence-corrected chi connectivity index (χ2v) is 5.85. The lowest BCUT2D eigenvalue weighted by Crippen LogP contribution is -2.18. The number of aliphatic imine (C=N–C) groups is 1. The van der Waals surface area contributed by atoms with E-state index in [9.17, 15) is 9.18 Å². The Kier molecular flexibility index (Phi) is 3.55. The molecule has 0 fully saturated rings. The van der Waals surface area contributed by atoms with Gasteiger partial charge >= 0.3 is 0 Å². The lowest BCUT2D eigenvalue weighted by atomic mass is 9.91. The predicted molar refractivity (Wildman–Crippen MR) is 80.0 cm³/mol. The molecule has 3 rings (SSSR count). The normalized spacial score (nSPS) is 17.7. The van der Waals surface area contributed by atoms with Crippen LogP contribution in [0.1, 0.15) is 23.7 Å². The summed E-state index contributed by atoms with van der Waals surface area (Å²) in [5.74, 6) is 0.0147. The van der Waals surface area contributed by atoms with Gasteiger partial charge in [0.25, 0.3) is 0 Å². The lowest BCUT2D eigenvalue weighted by Gasteiger charge is -2.19. The Hall–Kier alpha value is -1.72. The molecule has 0 aromatic carbocycles. The van der Waals surface area contributed by atoms with Gasteiger partial charge in [-0.25, -0.2) is 0 Å². The van der Waals surface area contributed by atoms with Gasteiger partial charge in [-0.05, 0) is 13.0 Å². The number of rotatable bonds is 3. The van der Waals surface area contributed by atoms with Crippen molar-refractivity contribution in [1.29, 1.82) is 0 Å². The van der Waals surface area contributed by atoms with E-state index in [4.69, 9.17) is 16.3 Å². The van der Waals surface area contributed by atoms with Gasteiger partial charge in [-0.1, -0.05) is 11.6 Å². The first-order chi connectivity index (χ1) is 10.0. The van der Waals surface area contributed by atoms with Crippen molar-refractivity contribution in [2.45, 2.75) is 13.3 Å². The van der Waals surface area contributed by atoms with Crippen molar-refractivity contribution in [1.82, 2.24) is 0 Å². The Morgan fingerprint density at radius 2 is 2.33 bits per heavy atom. The second kappa shape index (κ2) is 5.24. The molecule has 1 aromatic rings. The number of thiophene rings is 1. The zero-order chi connectivity index (χ0) is 15.1. The van der Waals surface area contributed by atoms with Crippen LogP contribution in [0.25, 0.3) is 0 Å². The number of hydrogen-bond acceptors (Lipinski definition) is 4. The molecule has 1 aliphatic heterocycles. The fourth-order valence-corrected chi connectivity index (χ4v) is 3.30. The molecule has 1 aliphatic carbocycles. The predicted octanol–water partition coefficient (Wildman–Crippen LogP) is 4.03. The van der Waals surface area contributed by atoms with Gasteiger partial charge in [0.05, 0.1) is 17.9 Å². The van der Waals surface area contributed by atoms with Crippen LogP contribution in [0, 0.1) is 11.2 Å². The van der Waals surface area contributed by atoms with Crippen molar-refractivity contribution in [3.8, 4) is 0 Å². The third-order valence-corrected chi connectivity index (χ3v) is 4.32. The van der Waals surface area contributed by atoms with Gasteiger partial charge in [-0.3, -0.25) is 9.79 Å². The molecule has 2 aliphatic rings. The Bertz CT molecular complexity index is 770. The van der Waals surface area contributed by atoms with Crippen molar-refractivity contribution in [2.75, 3.05) is 7.11 Å². The van der Waals surface area contributed by atoms with Crippen LogP contribution in [0.5, 0.6) is 0 Å². The first-order valence-corrected chi connectivity index (χ1v) is 7.41. The molecule has 0 unspecified atom stereocenters. The molecule has 1 aromatic heterocycles. The Balaban J connectivity index is 2.08. The number of nitrogens with zero attached hydrogens (tertiary/aromatic N) is 1. The zero-order valence-electron chi connectivity index (χ0n) is 11.3. The molecule has 0 bridgehead atoms. The SMILES string of the molecule is COC1=C(C(=O)c2csc(F)c2)CC2=NC(C)=[C]C2=C1Cl. The van der Waals surface area contributed by atoms with Crippen LogP contribution in [0.3, 0.4) is 0 Å². The van der Waals surface area contributed by atoms with Gasteiger partial charge in [0.2, 0.25) is 0 Å². The number of carbonyl (C=O) groups excluding carboxylic acids is 1. The smallest absolute Gasteiger partial charge is 0.194 e. The van der Waals surface area contributed by atoms with Crippen molar-refractivity contribution >= 4 is 34.4 Å². The van der Waals surface area contributed by atoms with E-state index in [0.717, 1.165) is 11.3 Å². The summed E-state index contributed by atoms with van der Waals surface area (Å²) in [5, 5.41) is 1.40. The zero-order valence-corrected chi connectivity index (χ0v) is 12.9. The fourth-order valence-electron chi connectivity index (χ4n) is 2.34. The van der Waals surface area contributed by atoms with Crippen LogP contribution in [0.2, 0.25) is 0 Å². The third-order valence-electron chi connectivity index (χ3n) is 3.24. The molecule has 21 heavy (non-hydrogen) atoms. The molecule has 0 N–H and O–H groups in total. The van der Waals surface area contributed by atoms with Crippen LogP contribution in [-0.2, 0) is 4.74 Å². The molecule has 0 saturated heterocycles. The first kappa shape index (κ1) is 14.2. The minimum Gasteiger partial charge on any atom is -0.495 e. The number of Topliss-reactive ketones (excluding diaryl/α,β-unsaturated/α-hetero) is 1. The Morgan fingerprint density at radius 1 is 1.57 bits per heavy atom. The average Bonchev–Trinajstić information content (AvgIpc) is 3.03. The molecule has 2 heterocycles. The van der Waals surface area contributed by atoms with E-state index in [0.29, 0.717) is 45.3 Å². The maximum Gasteiger partial charge on any atom is 0.194 e. The molecule has 0 amide bonds. The van der Waals surface area contributed by atoms with Crippen LogP contribution < -0.4 is 0 Å². The topological polar surface area (TPSA) is 38.7 Å². The molecule has 107 valence electrons.